The lowest BCUT2D eigenvalue weighted by Gasteiger charge is -2.35. The molecular weight excluding hydrogens is 297 g/mol. The summed E-state index contributed by atoms with van der Waals surface area (Å²) >= 11 is 0. The van der Waals surface area contributed by atoms with Crippen molar-refractivity contribution in [1.29, 1.82) is 0 Å². The third kappa shape index (κ3) is 2.32. The fraction of sp³-hybridized carbons (Fsp3) is 0.278. The highest BCUT2D eigenvalue weighted by Gasteiger charge is 2.30. The van der Waals surface area contributed by atoms with Crippen LogP contribution in [-0.2, 0) is 6.42 Å². The fourth-order valence-electron chi connectivity index (χ4n) is 3.20. The van der Waals surface area contributed by atoms with Gasteiger partial charge in [-0.25, -0.2) is 4.39 Å². The van der Waals surface area contributed by atoms with E-state index in [9.17, 15) is 9.18 Å². The number of carbonyl (C=O) groups excluding carboxylic acids is 1. The van der Waals surface area contributed by atoms with Crippen LogP contribution in [0.4, 0.5) is 10.1 Å². The Hall–Kier alpha value is -2.56. The van der Waals surface area contributed by atoms with Gasteiger partial charge in [0.1, 0.15) is 5.82 Å². The number of fused-ring (bicyclic) bond motifs is 2. The molecule has 5 heteroatoms. The molecule has 0 saturated heterocycles. The van der Waals surface area contributed by atoms with Crippen LogP contribution in [0.15, 0.2) is 36.4 Å². The molecule has 0 aromatic heterocycles. The minimum absolute atomic E-state index is 0.0610. The number of benzene rings is 2. The Morgan fingerprint density at radius 2 is 2.00 bits per heavy atom. The van der Waals surface area contributed by atoms with Crippen molar-refractivity contribution >= 4 is 11.6 Å². The first-order valence-corrected chi connectivity index (χ1v) is 7.65. The van der Waals surface area contributed by atoms with Crippen LogP contribution < -0.4 is 14.4 Å². The van der Waals surface area contributed by atoms with E-state index in [1.54, 1.807) is 29.2 Å². The van der Waals surface area contributed by atoms with Crippen molar-refractivity contribution in [3.05, 3.63) is 53.3 Å². The number of nitrogens with zero attached hydrogens (tertiary/aromatic N) is 1. The normalized spacial score (nSPS) is 18.7. The number of anilines is 1. The average Bonchev–Trinajstić information content (AvgIpc) is 3.02. The lowest BCUT2D eigenvalue weighted by Crippen LogP contribution is -2.42. The van der Waals surface area contributed by atoms with E-state index in [0.717, 1.165) is 24.1 Å². The topological polar surface area (TPSA) is 38.8 Å². The highest BCUT2D eigenvalue weighted by Crippen LogP contribution is 2.36. The van der Waals surface area contributed by atoms with E-state index in [0.29, 0.717) is 17.1 Å². The van der Waals surface area contributed by atoms with Crippen LogP contribution >= 0.6 is 0 Å². The monoisotopic (exact) mass is 313 g/mol. The van der Waals surface area contributed by atoms with Gasteiger partial charge < -0.3 is 14.4 Å². The first-order chi connectivity index (χ1) is 11.1. The van der Waals surface area contributed by atoms with Crippen LogP contribution in [-0.4, -0.2) is 18.7 Å². The minimum atomic E-state index is -0.270. The number of ether oxygens (including phenoxy) is 2. The average molecular weight is 313 g/mol. The molecule has 2 aromatic rings. The second-order valence-electron chi connectivity index (χ2n) is 5.90. The summed E-state index contributed by atoms with van der Waals surface area (Å²) in [6.45, 7) is 2.19. The first kappa shape index (κ1) is 14.1. The van der Waals surface area contributed by atoms with E-state index < -0.39 is 0 Å². The minimum Gasteiger partial charge on any atom is -0.454 e. The van der Waals surface area contributed by atoms with E-state index >= 15 is 0 Å². The Morgan fingerprint density at radius 1 is 1.17 bits per heavy atom. The largest absolute Gasteiger partial charge is 0.454 e. The highest BCUT2D eigenvalue weighted by atomic mass is 19.1. The van der Waals surface area contributed by atoms with Crippen molar-refractivity contribution in [3.8, 4) is 11.5 Å². The lowest BCUT2D eigenvalue weighted by atomic mass is 9.95. The number of hydrogen-bond acceptors (Lipinski definition) is 3. The molecule has 0 saturated carbocycles. The molecule has 4 rings (SSSR count). The third-order valence-corrected chi connectivity index (χ3v) is 4.41. The maximum absolute atomic E-state index is 13.5. The maximum atomic E-state index is 13.5. The molecule has 0 radical (unpaired) electrons. The smallest absolute Gasteiger partial charge is 0.258 e. The highest BCUT2D eigenvalue weighted by molar-refractivity contribution is 6.07. The predicted octanol–water partition coefficient (Wildman–Crippen LogP) is 3.54. The van der Waals surface area contributed by atoms with Crippen LogP contribution in [0, 0.1) is 5.82 Å². The Labute approximate surface area is 133 Å². The Bertz CT molecular complexity index is 790. The quantitative estimate of drug-likeness (QED) is 0.808. The van der Waals surface area contributed by atoms with Crippen molar-refractivity contribution in [2.24, 2.45) is 0 Å². The zero-order valence-corrected chi connectivity index (χ0v) is 12.7. The molecule has 2 heterocycles. The molecule has 2 aromatic carbocycles. The molecule has 0 spiro atoms. The van der Waals surface area contributed by atoms with Gasteiger partial charge >= 0.3 is 0 Å². The van der Waals surface area contributed by atoms with Gasteiger partial charge in [-0.2, -0.15) is 0 Å². The number of carbonyl (C=O) groups is 1. The van der Waals surface area contributed by atoms with Crippen LogP contribution in [0.5, 0.6) is 11.5 Å². The van der Waals surface area contributed by atoms with E-state index in [2.05, 4.69) is 0 Å². The summed E-state index contributed by atoms with van der Waals surface area (Å²) in [5, 5.41) is 0. The maximum Gasteiger partial charge on any atom is 0.258 e. The Kier molecular flexibility index (Phi) is 3.22. The summed E-state index contributed by atoms with van der Waals surface area (Å²) in [4.78, 5) is 14.7. The molecule has 2 aliphatic heterocycles. The fourth-order valence-corrected chi connectivity index (χ4v) is 3.20. The molecule has 0 bridgehead atoms. The zero-order chi connectivity index (χ0) is 16.0. The number of hydrogen-bond donors (Lipinski definition) is 0. The van der Waals surface area contributed by atoms with Gasteiger partial charge in [0.25, 0.3) is 5.91 Å². The van der Waals surface area contributed by atoms with Crippen LogP contribution in [0.2, 0.25) is 0 Å². The molecule has 1 amide bonds. The Morgan fingerprint density at radius 3 is 2.87 bits per heavy atom. The zero-order valence-electron chi connectivity index (χ0n) is 12.7. The lowest BCUT2D eigenvalue weighted by molar-refractivity contribution is 0.0974. The van der Waals surface area contributed by atoms with E-state index in [1.807, 2.05) is 6.92 Å². The van der Waals surface area contributed by atoms with Gasteiger partial charge in [0.15, 0.2) is 11.5 Å². The van der Waals surface area contributed by atoms with Gasteiger partial charge in [-0.05, 0) is 61.7 Å². The third-order valence-electron chi connectivity index (χ3n) is 4.41. The molecule has 4 nitrogen and oxygen atoms in total. The van der Waals surface area contributed by atoms with Gasteiger partial charge in [-0.15, -0.1) is 0 Å². The number of amides is 1. The molecule has 2 aliphatic rings. The molecular formula is C18H16FNO3. The number of aryl methyl sites for hydroxylation is 1. The SMILES string of the molecule is C[C@@H]1CCc2cc(F)ccc2N1C(=O)c1ccc2c(c1)OCO2. The van der Waals surface area contributed by atoms with Crippen LogP contribution in [0.3, 0.4) is 0 Å². The summed E-state index contributed by atoms with van der Waals surface area (Å²) < 4.78 is 24.1. The van der Waals surface area contributed by atoms with Crippen molar-refractivity contribution in [1.82, 2.24) is 0 Å². The van der Waals surface area contributed by atoms with Gasteiger partial charge in [0, 0.05) is 17.3 Å². The van der Waals surface area contributed by atoms with Crippen molar-refractivity contribution in [3.63, 3.8) is 0 Å². The van der Waals surface area contributed by atoms with Crippen molar-refractivity contribution in [2.45, 2.75) is 25.8 Å². The number of rotatable bonds is 1. The van der Waals surface area contributed by atoms with Gasteiger partial charge in [-0.3, -0.25) is 4.79 Å². The Balaban J connectivity index is 1.73. The van der Waals surface area contributed by atoms with E-state index in [4.69, 9.17) is 9.47 Å². The van der Waals surface area contributed by atoms with E-state index in [1.165, 1.54) is 12.1 Å². The molecule has 0 unspecified atom stereocenters. The number of halogens is 1. The van der Waals surface area contributed by atoms with Gasteiger partial charge in [-0.1, -0.05) is 0 Å². The van der Waals surface area contributed by atoms with Crippen LogP contribution in [0.1, 0.15) is 29.3 Å². The summed E-state index contributed by atoms with van der Waals surface area (Å²) in [6.07, 6.45) is 1.59. The summed E-state index contributed by atoms with van der Waals surface area (Å²) in [5.41, 5.74) is 2.20. The first-order valence-electron chi connectivity index (χ1n) is 7.65. The van der Waals surface area contributed by atoms with Gasteiger partial charge in [0.2, 0.25) is 6.79 Å². The second kappa shape index (κ2) is 5.26. The summed E-state index contributed by atoms with van der Waals surface area (Å²) in [7, 11) is 0. The second-order valence-corrected chi connectivity index (χ2v) is 5.90. The van der Waals surface area contributed by atoms with Gasteiger partial charge in [0.05, 0.1) is 0 Å². The van der Waals surface area contributed by atoms with Crippen molar-refractivity contribution in [2.75, 3.05) is 11.7 Å². The summed E-state index contributed by atoms with van der Waals surface area (Å²) in [5.74, 6) is 0.854. The standard InChI is InChI=1S/C18H16FNO3/c1-11-2-3-12-8-14(19)5-6-15(12)20(11)18(21)13-4-7-16-17(9-13)23-10-22-16/h4-9,11H,2-3,10H2,1H3/t11-/m1/s1. The molecule has 0 N–H and O–H groups in total. The molecule has 118 valence electrons. The predicted molar refractivity (Wildman–Crippen MR) is 83.6 cm³/mol. The van der Waals surface area contributed by atoms with Crippen molar-refractivity contribution < 1.29 is 18.7 Å². The molecule has 0 aliphatic carbocycles. The van der Waals surface area contributed by atoms with Crippen LogP contribution in [0.25, 0.3) is 0 Å². The van der Waals surface area contributed by atoms with E-state index in [-0.39, 0.29) is 24.6 Å². The molecule has 1 atom stereocenters. The molecule has 23 heavy (non-hydrogen) atoms. The summed E-state index contributed by atoms with van der Waals surface area (Å²) in [6, 6.07) is 9.85. The molecule has 0 fully saturated rings.